The van der Waals surface area contributed by atoms with Gasteiger partial charge in [0.25, 0.3) is 5.89 Å². The van der Waals surface area contributed by atoms with Crippen molar-refractivity contribution in [1.29, 1.82) is 0 Å². The van der Waals surface area contributed by atoms with Crippen LogP contribution in [0.5, 0.6) is 5.75 Å². The molecule has 0 atom stereocenters. The lowest BCUT2D eigenvalue weighted by Crippen LogP contribution is -2.03. The van der Waals surface area contributed by atoms with Gasteiger partial charge >= 0.3 is 5.97 Å². The molecule has 0 amide bonds. The molecule has 0 saturated carbocycles. The molecule has 1 aromatic carbocycles. The van der Waals surface area contributed by atoms with Crippen molar-refractivity contribution in [1.82, 2.24) is 14.7 Å². The van der Waals surface area contributed by atoms with Gasteiger partial charge in [-0.05, 0) is 32.0 Å². The number of aryl methyl sites for hydroxylation is 2. The minimum atomic E-state index is -0.363. The average molecular weight is 315 g/mol. The highest BCUT2D eigenvalue weighted by Crippen LogP contribution is 2.29. The molecule has 0 unspecified atom stereocenters. The van der Waals surface area contributed by atoms with Crippen molar-refractivity contribution in [2.75, 3.05) is 7.11 Å². The van der Waals surface area contributed by atoms with E-state index in [9.17, 15) is 4.79 Å². The highest BCUT2D eigenvalue weighted by atomic mass is 16.5. The first-order valence-corrected chi connectivity index (χ1v) is 7.10. The third kappa shape index (κ3) is 2.65. The summed E-state index contributed by atoms with van der Waals surface area (Å²) in [5.41, 5.74) is 2.32. The van der Waals surface area contributed by atoms with Gasteiger partial charge in [0.1, 0.15) is 5.75 Å². The fourth-order valence-corrected chi connectivity index (χ4v) is 2.54. The molecule has 0 aliphatic rings. The summed E-state index contributed by atoms with van der Waals surface area (Å²) in [5.74, 6) is 1.22. The number of methoxy groups -OCH3 is 1. The van der Waals surface area contributed by atoms with Gasteiger partial charge in [0.15, 0.2) is 12.4 Å². The Morgan fingerprint density at radius 3 is 2.78 bits per heavy atom. The molecule has 0 radical (unpaired) electrons. The first kappa shape index (κ1) is 15.1. The number of carbonyl (C=O) groups is 1. The molecule has 0 fully saturated rings. The molecule has 3 rings (SSSR count). The SMILES string of the molecule is COC(=O)c1c(C)n(C)c2ccc(OCc3nc(C)no3)cc12. The summed E-state index contributed by atoms with van der Waals surface area (Å²) >= 11 is 0. The predicted octanol–water partition coefficient (Wildman–Crippen LogP) is 2.54. The second-order valence-electron chi connectivity index (χ2n) is 5.21. The van der Waals surface area contributed by atoms with E-state index in [0.29, 0.717) is 23.0 Å². The van der Waals surface area contributed by atoms with E-state index in [4.69, 9.17) is 14.0 Å². The minimum Gasteiger partial charge on any atom is -0.484 e. The van der Waals surface area contributed by atoms with E-state index in [2.05, 4.69) is 10.1 Å². The number of hydrogen-bond acceptors (Lipinski definition) is 6. The fourth-order valence-electron chi connectivity index (χ4n) is 2.54. The van der Waals surface area contributed by atoms with Gasteiger partial charge in [-0.15, -0.1) is 0 Å². The van der Waals surface area contributed by atoms with E-state index in [0.717, 1.165) is 16.6 Å². The number of hydrogen-bond donors (Lipinski definition) is 0. The zero-order valence-electron chi connectivity index (χ0n) is 13.4. The molecule has 3 aromatic rings. The van der Waals surface area contributed by atoms with Crippen LogP contribution in [0, 0.1) is 13.8 Å². The van der Waals surface area contributed by atoms with Crippen molar-refractivity contribution in [3.8, 4) is 5.75 Å². The van der Waals surface area contributed by atoms with Gasteiger partial charge in [-0.3, -0.25) is 0 Å². The van der Waals surface area contributed by atoms with Crippen LogP contribution in [0.2, 0.25) is 0 Å². The maximum Gasteiger partial charge on any atom is 0.340 e. The Labute approximate surface area is 132 Å². The molecule has 0 saturated heterocycles. The molecular formula is C16H17N3O4. The lowest BCUT2D eigenvalue weighted by atomic mass is 10.1. The van der Waals surface area contributed by atoms with Gasteiger partial charge in [0, 0.05) is 23.6 Å². The van der Waals surface area contributed by atoms with Crippen LogP contribution < -0.4 is 4.74 Å². The average Bonchev–Trinajstić information content (AvgIpc) is 3.07. The molecule has 0 aliphatic carbocycles. The van der Waals surface area contributed by atoms with E-state index in [-0.39, 0.29) is 12.6 Å². The smallest absolute Gasteiger partial charge is 0.340 e. The van der Waals surface area contributed by atoms with Gasteiger partial charge in [-0.1, -0.05) is 5.16 Å². The van der Waals surface area contributed by atoms with E-state index in [1.54, 1.807) is 6.92 Å². The molecule has 7 nitrogen and oxygen atoms in total. The fraction of sp³-hybridized carbons (Fsp3) is 0.312. The minimum absolute atomic E-state index is 0.172. The normalized spacial score (nSPS) is 11.0. The Morgan fingerprint density at radius 1 is 1.35 bits per heavy atom. The summed E-state index contributed by atoms with van der Waals surface area (Å²) in [6, 6.07) is 5.56. The zero-order chi connectivity index (χ0) is 16.6. The molecule has 0 bridgehead atoms. The third-order valence-corrected chi connectivity index (χ3v) is 3.79. The van der Waals surface area contributed by atoms with Crippen LogP contribution in [0.15, 0.2) is 22.7 Å². The largest absolute Gasteiger partial charge is 0.484 e. The van der Waals surface area contributed by atoms with Crippen LogP contribution in [0.4, 0.5) is 0 Å². The molecule has 7 heteroatoms. The summed E-state index contributed by atoms with van der Waals surface area (Å²) in [7, 11) is 3.28. The highest BCUT2D eigenvalue weighted by Gasteiger charge is 2.19. The molecule has 120 valence electrons. The second kappa shape index (κ2) is 5.75. The first-order chi connectivity index (χ1) is 11.0. The number of esters is 1. The molecule has 23 heavy (non-hydrogen) atoms. The quantitative estimate of drug-likeness (QED) is 0.688. The number of nitrogens with zero attached hydrogens (tertiary/aromatic N) is 3. The molecular weight excluding hydrogens is 298 g/mol. The van der Waals surface area contributed by atoms with Gasteiger partial charge in [0.2, 0.25) is 0 Å². The summed E-state index contributed by atoms with van der Waals surface area (Å²) < 4.78 is 17.5. The third-order valence-electron chi connectivity index (χ3n) is 3.79. The van der Waals surface area contributed by atoms with Gasteiger partial charge < -0.3 is 18.6 Å². The Morgan fingerprint density at radius 2 is 2.13 bits per heavy atom. The van der Waals surface area contributed by atoms with Crippen LogP contribution >= 0.6 is 0 Å². The van der Waals surface area contributed by atoms with Gasteiger partial charge in [-0.2, -0.15) is 4.98 Å². The second-order valence-corrected chi connectivity index (χ2v) is 5.21. The Balaban J connectivity index is 1.95. The molecule has 0 aliphatic heterocycles. The summed E-state index contributed by atoms with van der Waals surface area (Å²) in [5, 5.41) is 4.50. The van der Waals surface area contributed by atoms with Crippen molar-refractivity contribution < 1.29 is 18.8 Å². The standard InChI is InChI=1S/C16H17N3O4/c1-9-15(16(20)21-4)12-7-11(5-6-13(12)19(9)3)22-8-14-17-10(2)18-23-14/h5-7H,8H2,1-4H3. The number of carbonyl (C=O) groups excluding carboxylic acids is 1. The van der Waals surface area contributed by atoms with E-state index in [1.807, 2.05) is 36.7 Å². The van der Waals surface area contributed by atoms with Crippen LogP contribution in [-0.2, 0) is 18.4 Å². The molecule has 2 aromatic heterocycles. The Kier molecular flexibility index (Phi) is 3.77. The number of fused-ring (bicyclic) bond motifs is 1. The number of ether oxygens (including phenoxy) is 2. The van der Waals surface area contributed by atoms with Crippen LogP contribution in [0.3, 0.4) is 0 Å². The van der Waals surface area contributed by atoms with Gasteiger partial charge in [-0.25, -0.2) is 4.79 Å². The lowest BCUT2D eigenvalue weighted by molar-refractivity contribution is 0.0602. The summed E-state index contributed by atoms with van der Waals surface area (Å²) in [6.07, 6.45) is 0. The van der Waals surface area contributed by atoms with E-state index >= 15 is 0 Å². The summed E-state index contributed by atoms with van der Waals surface area (Å²) in [4.78, 5) is 16.1. The monoisotopic (exact) mass is 315 g/mol. The van der Waals surface area contributed by atoms with Crippen LogP contribution in [0.1, 0.15) is 27.8 Å². The Bertz CT molecular complexity index is 879. The van der Waals surface area contributed by atoms with Crippen molar-refractivity contribution in [3.05, 3.63) is 41.2 Å². The van der Waals surface area contributed by atoms with E-state index < -0.39 is 0 Å². The predicted molar refractivity (Wildman–Crippen MR) is 82.4 cm³/mol. The van der Waals surface area contributed by atoms with Gasteiger partial charge in [0.05, 0.1) is 12.7 Å². The maximum absolute atomic E-state index is 12.0. The molecule has 0 spiro atoms. The number of benzene rings is 1. The highest BCUT2D eigenvalue weighted by molar-refractivity contribution is 6.06. The topological polar surface area (TPSA) is 79.4 Å². The Hall–Kier alpha value is -2.83. The molecule has 0 N–H and O–H groups in total. The zero-order valence-corrected chi connectivity index (χ0v) is 13.4. The van der Waals surface area contributed by atoms with Crippen LogP contribution in [-0.4, -0.2) is 27.8 Å². The van der Waals surface area contributed by atoms with E-state index in [1.165, 1.54) is 7.11 Å². The summed E-state index contributed by atoms with van der Waals surface area (Å²) in [6.45, 7) is 3.80. The van der Waals surface area contributed by atoms with Crippen molar-refractivity contribution >= 4 is 16.9 Å². The lowest BCUT2D eigenvalue weighted by Gasteiger charge is -2.04. The van der Waals surface area contributed by atoms with Crippen molar-refractivity contribution in [2.24, 2.45) is 7.05 Å². The maximum atomic E-state index is 12.0. The number of rotatable bonds is 4. The number of aromatic nitrogens is 3. The molecule has 2 heterocycles. The van der Waals surface area contributed by atoms with Crippen molar-refractivity contribution in [2.45, 2.75) is 20.5 Å². The first-order valence-electron chi connectivity index (χ1n) is 7.10. The van der Waals surface area contributed by atoms with Crippen LogP contribution in [0.25, 0.3) is 10.9 Å². The van der Waals surface area contributed by atoms with Crippen molar-refractivity contribution in [3.63, 3.8) is 0 Å².